The Bertz CT molecular complexity index is 341. The van der Waals surface area contributed by atoms with Crippen LogP contribution in [-0.4, -0.2) is 24.9 Å². The Kier molecular flexibility index (Phi) is 3.11. The van der Waals surface area contributed by atoms with Crippen LogP contribution in [0.1, 0.15) is 17.8 Å². The summed E-state index contributed by atoms with van der Waals surface area (Å²) in [5.74, 6) is 0. The number of hydrogen-bond acceptors (Lipinski definition) is 6. The molecule has 0 aliphatic carbocycles. The fraction of sp³-hybridized carbons (Fsp3) is 0.556. The van der Waals surface area contributed by atoms with E-state index in [2.05, 4.69) is 17.7 Å². The Morgan fingerprint density at radius 2 is 2.60 bits per heavy atom. The van der Waals surface area contributed by atoms with Crippen LogP contribution < -0.4 is 21.5 Å². The minimum absolute atomic E-state index is 0.126. The largest absolute Gasteiger partial charge is 0.395 e. The zero-order valence-electron chi connectivity index (χ0n) is 8.66. The van der Waals surface area contributed by atoms with Gasteiger partial charge in [-0.2, -0.15) is 0 Å². The Balaban J connectivity index is 2.20. The molecule has 1 unspecified atom stereocenters. The average Bonchev–Trinajstić information content (AvgIpc) is 2.60. The number of thiophene rings is 1. The number of nitrogens with two attached hydrogens (primary N) is 1. The summed E-state index contributed by atoms with van der Waals surface area (Å²) in [5.41, 5.74) is 10.1. The first kappa shape index (κ1) is 10.7. The molecule has 1 atom stereocenters. The molecule has 0 saturated heterocycles. The van der Waals surface area contributed by atoms with Crippen LogP contribution in [0.4, 0.5) is 10.7 Å². The summed E-state index contributed by atoms with van der Waals surface area (Å²) >= 11 is 1.61. The lowest BCUT2D eigenvalue weighted by molar-refractivity contribution is 0.288. The molecule has 1 aliphatic heterocycles. The standard InChI is InChI=1S/C9H16N4OS/c1-6-9-7(4-8(10)15-9)13(5-11-6)12-2-3-14/h4,6,11-12,14H,2-3,5,10H2,1H3. The molecule has 0 aromatic carbocycles. The highest BCUT2D eigenvalue weighted by molar-refractivity contribution is 7.16. The summed E-state index contributed by atoms with van der Waals surface area (Å²) in [6.45, 7) is 3.52. The van der Waals surface area contributed by atoms with Crippen molar-refractivity contribution >= 4 is 22.0 Å². The van der Waals surface area contributed by atoms with Gasteiger partial charge in [0.1, 0.15) is 0 Å². The quantitative estimate of drug-likeness (QED) is 0.597. The molecule has 5 nitrogen and oxygen atoms in total. The first-order valence-electron chi connectivity index (χ1n) is 4.97. The molecule has 0 amide bonds. The van der Waals surface area contributed by atoms with Gasteiger partial charge in [0.15, 0.2) is 0 Å². The van der Waals surface area contributed by atoms with Gasteiger partial charge in [-0.3, -0.25) is 10.3 Å². The van der Waals surface area contributed by atoms with E-state index in [-0.39, 0.29) is 6.61 Å². The molecule has 0 spiro atoms. The summed E-state index contributed by atoms with van der Waals surface area (Å²) in [7, 11) is 0. The van der Waals surface area contributed by atoms with Crippen molar-refractivity contribution in [2.24, 2.45) is 0 Å². The number of aliphatic hydroxyl groups excluding tert-OH is 1. The average molecular weight is 228 g/mol. The van der Waals surface area contributed by atoms with Crippen LogP contribution in [0, 0.1) is 0 Å². The maximum atomic E-state index is 8.77. The van der Waals surface area contributed by atoms with Crippen molar-refractivity contribution in [1.82, 2.24) is 10.7 Å². The summed E-state index contributed by atoms with van der Waals surface area (Å²) in [6, 6.07) is 2.32. The van der Waals surface area contributed by atoms with E-state index >= 15 is 0 Å². The van der Waals surface area contributed by atoms with Crippen molar-refractivity contribution < 1.29 is 5.11 Å². The van der Waals surface area contributed by atoms with Crippen LogP contribution in [0.3, 0.4) is 0 Å². The van der Waals surface area contributed by atoms with E-state index < -0.39 is 0 Å². The molecule has 0 fully saturated rings. The maximum Gasteiger partial charge on any atom is 0.0881 e. The van der Waals surface area contributed by atoms with Crippen LogP contribution in [-0.2, 0) is 0 Å². The molecular formula is C9H16N4OS. The van der Waals surface area contributed by atoms with Gasteiger partial charge in [0, 0.05) is 17.5 Å². The number of hydrazine groups is 1. The van der Waals surface area contributed by atoms with Gasteiger partial charge in [0.2, 0.25) is 0 Å². The molecule has 0 radical (unpaired) electrons. The van der Waals surface area contributed by atoms with Gasteiger partial charge in [-0.15, -0.1) is 11.3 Å². The number of rotatable bonds is 3. The van der Waals surface area contributed by atoms with Gasteiger partial charge in [-0.05, 0) is 13.0 Å². The van der Waals surface area contributed by atoms with E-state index in [1.54, 1.807) is 11.3 Å². The van der Waals surface area contributed by atoms with Crippen molar-refractivity contribution in [2.45, 2.75) is 13.0 Å². The fourth-order valence-corrected chi connectivity index (χ4v) is 2.63. The number of nitrogens with zero attached hydrogens (tertiary/aromatic N) is 1. The third kappa shape index (κ3) is 2.07. The number of nitrogens with one attached hydrogen (secondary N) is 2. The van der Waals surface area contributed by atoms with Gasteiger partial charge >= 0.3 is 0 Å². The SMILES string of the molecule is CC1NCN(NCCO)c2cc(N)sc21. The van der Waals surface area contributed by atoms with Gasteiger partial charge in [0.05, 0.1) is 24.0 Å². The van der Waals surface area contributed by atoms with Crippen molar-refractivity contribution in [2.75, 3.05) is 30.6 Å². The molecule has 5 N–H and O–H groups in total. The van der Waals surface area contributed by atoms with E-state index in [9.17, 15) is 0 Å². The van der Waals surface area contributed by atoms with E-state index in [0.29, 0.717) is 12.6 Å². The van der Waals surface area contributed by atoms with Crippen LogP contribution >= 0.6 is 11.3 Å². The normalized spacial score (nSPS) is 20.4. The monoisotopic (exact) mass is 228 g/mol. The second kappa shape index (κ2) is 4.36. The summed E-state index contributed by atoms with van der Waals surface area (Å²) < 4.78 is 0. The molecule has 0 saturated carbocycles. The summed E-state index contributed by atoms with van der Waals surface area (Å²) in [6.07, 6.45) is 0. The molecule has 15 heavy (non-hydrogen) atoms. The number of anilines is 2. The van der Waals surface area contributed by atoms with E-state index in [0.717, 1.165) is 17.4 Å². The smallest absolute Gasteiger partial charge is 0.0881 e. The molecule has 84 valence electrons. The van der Waals surface area contributed by atoms with Crippen LogP contribution in [0.15, 0.2) is 6.07 Å². The molecular weight excluding hydrogens is 212 g/mol. The van der Waals surface area contributed by atoms with Gasteiger partial charge in [-0.1, -0.05) is 0 Å². The summed E-state index contributed by atoms with van der Waals surface area (Å²) in [5, 5.41) is 14.9. The number of hydrogen-bond donors (Lipinski definition) is 4. The minimum atomic E-state index is 0.126. The molecule has 1 aliphatic rings. The predicted molar refractivity (Wildman–Crippen MR) is 62.7 cm³/mol. The third-order valence-corrected chi connectivity index (χ3v) is 3.55. The lowest BCUT2D eigenvalue weighted by Crippen LogP contribution is -2.49. The lowest BCUT2D eigenvalue weighted by Gasteiger charge is -2.32. The molecule has 6 heteroatoms. The fourth-order valence-electron chi connectivity index (χ4n) is 1.67. The highest BCUT2D eigenvalue weighted by atomic mass is 32.1. The minimum Gasteiger partial charge on any atom is -0.395 e. The van der Waals surface area contributed by atoms with Crippen molar-refractivity contribution in [3.8, 4) is 0 Å². The molecule has 0 bridgehead atoms. The molecule has 1 aromatic rings. The second-order valence-electron chi connectivity index (χ2n) is 3.54. The Morgan fingerprint density at radius 1 is 1.80 bits per heavy atom. The molecule has 1 aromatic heterocycles. The van der Waals surface area contributed by atoms with Crippen LogP contribution in [0.5, 0.6) is 0 Å². The highest BCUT2D eigenvalue weighted by Gasteiger charge is 2.23. The Hall–Kier alpha value is -0.820. The first-order chi connectivity index (χ1) is 7.22. The van der Waals surface area contributed by atoms with Crippen LogP contribution in [0.2, 0.25) is 0 Å². The zero-order chi connectivity index (χ0) is 10.8. The summed E-state index contributed by atoms with van der Waals surface area (Å²) in [4.78, 5) is 1.24. The van der Waals surface area contributed by atoms with Crippen molar-refractivity contribution in [1.29, 1.82) is 0 Å². The lowest BCUT2D eigenvalue weighted by atomic mass is 10.2. The van der Waals surface area contributed by atoms with E-state index in [1.807, 2.05) is 11.1 Å². The van der Waals surface area contributed by atoms with Crippen LogP contribution in [0.25, 0.3) is 0 Å². The number of fused-ring (bicyclic) bond motifs is 1. The van der Waals surface area contributed by atoms with Gasteiger partial charge < -0.3 is 10.8 Å². The molecule has 2 heterocycles. The highest BCUT2D eigenvalue weighted by Crippen LogP contribution is 2.37. The Morgan fingerprint density at radius 3 is 3.33 bits per heavy atom. The maximum absolute atomic E-state index is 8.77. The number of aliphatic hydroxyl groups is 1. The first-order valence-corrected chi connectivity index (χ1v) is 5.78. The van der Waals surface area contributed by atoms with E-state index in [1.165, 1.54) is 4.88 Å². The zero-order valence-corrected chi connectivity index (χ0v) is 9.47. The topological polar surface area (TPSA) is 73.5 Å². The van der Waals surface area contributed by atoms with Gasteiger partial charge in [-0.25, -0.2) is 5.43 Å². The molecule has 2 rings (SSSR count). The van der Waals surface area contributed by atoms with Crippen molar-refractivity contribution in [3.63, 3.8) is 0 Å². The Labute approximate surface area is 92.9 Å². The van der Waals surface area contributed by atoms with Gasteiger partial charge in [0.25, 0.3) is 0 Å². The number of nitrogen functional groups attached to an aromatic ring is 1. The van der Waals surface area contributed by atoms with Crippen molar-refractivity contribution in [3.05, 3.63) is 10.9 Å². The third-order valence-electron chi connectivity index (χ3n) is 2.41. The second-order valence-corrected chi connectivity index (χ2v) is 4.66. The van der Waals surface area contributed by atoms with E-state index in [4.69, 9.17) is 10.8 Å². The predicted octanol–water partition coefficient (Wildman–Crippen LogP) is 0.255.